The number of hydrogen-bond acceptors (Lipinski definition) is 4. The molecule has 0 radical (unpaired) electrons. The fraction of sp³-hybridized carbons (Fsp3) is 0.120. The van der Waals surface area contributed by atoms with Crippen molar-refractivity contribution in [3.8, 4) is 22.8 Å². The van der Waals surface area contributed by atoms with Gasteiger partial charge in [-0.2, -0.15) is 0 Å². The first-order valence-electron chi connectivity index (χ1n) is 10.5. The molecule has 1 saturated heterocycles. The van der Waals surface area contributed by atoms with Crippen molar-refractivity contribution in [2.45, 2.75) is 12.1 Å². The van der Waals surface area contributed by atoms with E-state index in [2.05, 4.69) is 10.6 Å². The summed E-state index contributed by atoms with van der Waals surface area (Å²) in [7, 11) is 1.52. The Labute approximate surface area is 196 Å². The van der Waals surface area contributed by atoms with Gasteiger partial charge in [-0.15, -0.1) is 0 Å². The molecule has 10 heteroatoms. The van der Waals surface area contributed by atoms with Crippen LogP contribution < -0.4 is 15.4 Å². The number of urea groups is 1. The van der Waals surface area contributed by atoms with Gasteiger partial charge in [0.1, 0.15) is 5.75 Å². The molecule has 1 aliphatic heterocycles. The van der Waals surface area contributed by atoms with E-state index >= 15 is 0 Å². The summed E-state index contributed by atoms with van der Waals surface area (Å²) in [6.45, 7) is -0.146. The summed E-state index contributed by atoms with van der Waals surface area (Å²) in [4.78, 5) is 25.1. The molecule has 2 heterocycles. The first-order chi connectivity index (χ1) is 16.7. The number of aromatic hydroxyl groups is 1. The molecule has 35 heavy (non-hydrogen) atoms. The molecule has 3 amide bonds. The van der Waals surface area contributed by atoms with Gasteiger partial charge in [0.25, 0.3) is 5.91 Å². The maximum atomic E-state index is 13.7. The Hall–Kier alpha value is -4.47. The van der Waals surface area contributed by atoms with Gasteiger partial charge in [0.05, 0.1) is 13.7 Å². The van der Waals surface area contributed by atoms with Crippen molar-refractivity contribution in [2.24, 2.45) is 0 Å². The fourth-order valence-corrected chi connectivity index (χ4v) is 4.30. The second-order valence-electron chi connectivity index (χ2n) is 8.18. The summed E-state index contributed by atoms with van der Waals surface area (Å²) >= 11 is 0. The standard InChI is InChI=1S/C25H18F3N3O4/c1-35-17-6-7-18-15(8-17)11-31(22(18)32)12-25(23(33)29-24(34)30-25)16-4-2-13(3-5-16)14-9-19(26)21(28)20(27)10-14/h2-11,32H,12H2,1H3,(H2,29,30,33,34). The van der Waals surface area contributed by atoms with E-state index in [1.165, 1.54) is 35.9 Å². The lowest BCUT2D eigenvalue weighted by molar-refractivity contribution is -0.124. The molecule has 1 aromatic heterocycles. The molecule has 4 aromatic rings. The van der Waals surface area contributed by atoms with Crippen LogP contribution in [0.15, 0.2) is 60.8 Å². The normalized spacial score (nSPS) is 17.5. The predicted octanol–water partition coefficient (Wildman–Crippen LogP) is 4.17. The van der Waals surface area contributed by atoms with Gasteiger partial charge in [-0.05, 0) is 47.0 Å². The highest BCUT2D eigenvalue weighted by atomic mass is 19.2. The summed E-state index contributed by atoms with van der Waals surface area (Å²) in [5, 5.41) is 16.8. The van der Waals surface area contributed by atoms with Crippen LogP contribution in [0.1, 0.15) is 5.56 Å². The number of carbonyl (C=O) groups excluding carboxylic acids is 2. The quantitative estimate of drug-likeness (QED) is 0.295. The van der Waals surface area contributed by atoms with Crippen LogP contribution in [0.2, 0.25) is 0 Å². The van der Waals surface area contributed by atoms with Gasteiger partial charge in [0, 0.05) is 17.0 Å². The number of nitrogens with zero attached hydrogens (tertiary/aromatic N) is 1. The Bertz CT molecular complexity index is 1480. The molecule has 0 aliphatic carbocycles. The van der Waals surface area contributed by atoms with Crippen LogP contribution in [0.25, 0.3) is 21.9 Å². The van der Waals surface area contributed by atoms with Crippen molar-refractivity contribution in [1.29, 1.82) is 0 Å². The number of fused-ring (bicyclic) bond motifs is 1. The minimum absolute atomic E-state index is 0.102. The highest BCUT2D eigenvalue weighted by Crippen LogP contribution is 2.35. The minimum atomic E-state index is -1.58. The molecule has 1 aliphatic rings. The second-order valence-corrected chi connectivity index (χ2v) is 8.18. The lowest BCUT2D eigenvalue weighted by Crippen LogP contribution is -2.47. The first kappa shape index (κ1) is 22.3. The maximum Gasteiger partial charge on any atom is 0.322 e. The monoisotopic (exact) mass is 481 g/mol. The highest BCUT2D eigenvalue weighted by molar-refractivity contribution is 6.07. The Morgan fingerprint density at radius 3 is 2.26 bits per heavy atom. The number of halogens is 3. The zero-order valence-electron chi connectivity index (χ0n) is 18.2. The minimum Gasteiger partial charge on any atom is -0.497 e. The second kappa shape index (κ2) is 8.08. The Balaban J connectivity index is 1.56. The van der Waals surface area contributed by atoms with Crippen molar-refractivity contribution in [3.63, 3.8) is 0 Å². The number of carbonyl (C=O) groups is 2. The van der Waals surface area contributed by atoms with Crippen molar-refractivity contribution in [3.05, 3.63) is 83.8 Å². The average molecular weight is 481 g/mol. The van der Waals surface area contributed by atoms with E-state index in [4.69, 9.17) is 4.74 Å². The van der Waals surface area contributed by atoms with Crippen LogP contribution in [0.5, 0.6) is 11.6 Å². The zero-order chi connectivity index (χ0) is 24.9. The number of aromatic nitrogens is 1. The summed E-state index contributed by atoms with van der Waals surface area (Å²) in [6, 6.07) is 12.1. The molecular formula is C25H18F3N3O4. The zero-order valence-corrected chi connectivity index (χ0v) is 18.2. The first-order valence-corrected chi connectivity index (χ1v) is 10.5. The van der Waals surface area contributed by atoms with E-state index in [0.717, 1.165) is 12.1 Å². The largest absolute Gasteiger partial charge is 0.497 e. The van der Waals surface area contributed by atoms with Crippen LogP contribution in [-0.4, -0.2) is 28.7 Å². The molecular weight excluding hydrogens is 463 g/mol. The predicted molar refractivity (Wildman–Crippen MR) is 120 cm³/mol. The number of rotatable bonds is 5. The number of methoxy groups -OCH3 is 1. The third-order valence-electron chi connectivity index (χ3n) is 6.11. The van der Waals surface area contributed by atoms with Gasteiger partial charge < -0.3 is 19.7 Å². The van der Waals surface area contributed by atoms with Crippen molar-refractivity contribution in [1.82, 2.24) is 15.2 Å². The van der Waals surface area contributed by atoms with Crippen molar-refractivity contribution in [2.75, 3.05) is 7.11 Å². The topological polar surface area (TPSA) is 92.6 Å². The van der Waals surface area contributed by atoms with Crippen LogP contribution in [0.3, 0.4) is 0 Å². The number of hydrogen-bond donors (Lipinski definition) is 3. The van der Waals surface area contributed by atoms with Gasteiger partial charge in [-0.1, -0.05) is 24.3 Å². The molecule has 0 bridgehead atoms. The Morgan fingerprint density at radius 2 is 1.66 bits per heavy atom. The number of nitrogens with one attached hydrogen (secondary N) is 2. The summed E-state index contributed by atoms with van der Waals surface area (Å²) in [6.07, 6.45) is 1.63. The molecule has 178 valence electrons. The van der Waals surface area contributed by atoms with Crippen LogP contribution in [0.4, 0.5) is 18.0 Å². The van der Waals surface area contributed by atoms with E-state index in [0.29, 0.717) is 27.6 Å². The molecule has 1 fully saturated rings. The smallest absolute Gasteiger partial charge is 0.322 e. The Morgan fingerprint density at radius 1 is 0.971 bits per heavy atom. The van der Waals surface area contributed by atoms with E-state index in [-0.39, 0.29) is 18.0 Å². The molecule has 3 N–H and O–H groups in total. The number of ether oxygens (including phenoxy) is 1. The van der Waals surface area contributed by atoms with E-state index in [1.54, 1.807) is 24.4 Å². The van der Waals surface area contributed by atoms with Crippen molar-refractivity contribution >= 4 is 22.7 Å². The molecule has 1 unspecified atom stereocenters. The average Bonchev–Trinajstić information content (AvgIpc) is 3.31. The molecule has 7 nitrogen and oxygen atoms in total. The lowest BCUT2D eigenvalue weighted by atomic mass is 9.88. The number of amides is 3. The molecule has 5 rings (SSSR count). The SMILES string of the molecule is COc1ccc2c(O)n(CC3(c4ccc(-c5cc(F)c(F)c(F)c5)cc4)NC(=O)NC3=O)cc2c1. The lowest BCUT2D eigenvalue weighted by Gasteiger charge is -2.27. The Kier molecular flexibility index (Phi) is 5.16. The number of benzene rings is 3. The molecule has 1 atom stereocenters. The van der Waals surface area contributed by atoms with Gasteiger partial charge in [0.2, 0.25) is 0 Å². The van der Waals surface area contributed by atoms with Crippen LogP contribution in [-0.2, 0) is 16.9 Å². The third-order valence-corrected chi connectivity index (χ3v) is 6.11. The third kappa shape index (κ3) is 3.63. The van der Waals surface area contributed by atoms with E-state index in [1.807, 2.05) is 0 Å². The summed E-state index contributed by atoms with van der Waals surface area (Å²) in [5.74, 6) is -4.37. The van der Waals surface area contributed by atoms with Gasteiger partial charge in [0.15, 0.2) is 28.9 Å². The van der Waals surface area contributed by atoms with Gasteiger partial charge in [-0.25, -0.2) is 18.0 Å². The van der Waals surface area contributed by atoms with Crippen molar-refractivity contribution < 1.29 is 32.6 Å². The fourth-order valence-electron chi connectivity index (χ4n) is 4.30. The molecule has 3 aromatic carbocycles. The van der Waals surface area contributed by atoms with Gasteiger partial charge >= 0.3 is 6.03 Å². The highest BCUT2D eigenvalue weighted by Gasteiger charge is 2.48. The van der Waals surface area contributed by atoms with Gasteiger partial charge in [-0.3, -0.25) is 10.1 Å². The van der Waals surface area contributed by atoms with Crippen LogP contribution >= 0.6 is 0 Å². The maximum absolute atomic E-state index is 13.7. The van der Waals surface area contributed by atoms with E-state index < -0.39 is 34.9 Å². The number of imide groups is 1. The van der Waals surface area contributed by atoms with Crippen LogP contribution in [0, 0.1) is 17.5 Å². The molecule has 0 saturated carbocycles. The van der Waals surface area contributed by atoms with E-state index in [9.17, 15) is 27.9 Å². The molecule has 0 spiro atoms. The summed E-state index contributed by atoms with van der Waals surface area (Å²) < 4.78 is 47.3. The summed E-state index contributed by atoms with van der Waals surface area (Å²) in [5.41, 5.74) is -0.744.